The van der Waals surface area contributed by atoms with Crippen molar-refractivity contribution in [2.45, 2.75) is 31.6 Å². The Kier molecular flexibility index (Phi) is 3.08. The fourth-order valence-electron chi connectivity index (χ4n) is 2.21. The average Bonchev–Trinajstić information content (AvgIpc) is 3.08. The van der Waals surface area contributed by atoms with E-state index in [4.69, 9.17) is 10.2 Å². The van der Waals surface area contributed by atoms with E-state index in [-0.39, 0.29) is 12.6 Å². The molecule has 0 bridgehead atoms. The second kappa shape index (κ2) is 4.66. The highest BCUT2D eigenvalue weighted by Gasteiger charge is 2.38. The Bertz CT molecular complexity index is 619. The van der Waals surface area contributed by atoms with Crippen molar-refractivity contribution in [2.75, 3.05) is 12.3 Å². The number of aromatic nitrogens is 1. The zero-order chi connectivity index (χ0) is 14.3. The maximum Gasteiger partial charge on any atom is 0.401 e. The van der Waals surface area contributed by atoms with Crippen LogP contribution in [0.5, 0.6) is 0 Å². The molecular formula is C13H14F3N3O. The predicted octanol–water partition coefficient (Wildman–Crippen LogP) is 2.94. The standard InChI is InChI=1S/C13H14F3N3O/c14-13(15,16)7-19(9-2-3-9)6-12-18-10-4-1-8(17)5-11(10)20-12/h1,4-5,9H,2-3,6-7,17H2. The minimum atomic E-state index is -4.21. The summed E-state index contributed by atoms with van der Waals surface area (Å²) in [6.45, 7) is -0.864. The summed E-state index contributed by atoms with van der Waals surface area (Å²) < 4.78 is 43.1. The fraction of sp³-hybridized carbons (Fsp3) is 0.462. The molecule has 1 fully saturated rings. The van der Waals surface area contributed by atoms with Crippen LogP contribution < -0.4 is 5.73 Å². The van der Waals surface area contributed by atoms with Gasteiger partial charge in [0.15, 0.2) is 5.58 Å². The first kappa shape index (κ1) is 13.2. The number of alkyl halides is 3. The minimum absolute atomic E-state index is 0.0169. The largest absolute Gasteiger partial charge is 0.439 e. The van der Waals surface area contributed by atoms with Crippen LogP contribution in [0.1, 0.15) is 18.7 Å². The molecule has 1 aromatic heterocycles. The highest BCUT2D eigenvalue weighted by Crippen LogP contribution is 2.31. The number of hydrogen-bond donors (Lipinski definition) is 1. The number of nitrogen functional groups attached to an aromatic ring is 1. The van der Waals surface area contributed by atoms with Crippen LogP contribution in [0, 0.1) is 0 Å². The van der Waals surface area contributed by atoms with Gasteiger partial charge in [0, 0.05) is 17.8 Å². The number of anilines is 1. The summed E-state index contributed by atoms with van der Waals surface area (Å²) >= 11 is 0. The number of nitrogens with two attached hydrogens (primary N) is 1. The molecule has 0 atom stereocenters. The summed E-state index contributed by atoms with van der Waals surface area (Å²) in [6, 6.07) is 4.99. The highest BCUT2D eigenvalue weighted by molar-refractivity contribution is 5.76. The van der Waals surface area contributed by atoms with Crippen LogP contribution in [0.15, 0.2) is 22.6 Å². The monoisotopic (exact) mass is 285 g/mol. The Labute approximate surface area is 113 Å². The van der Waals surface area contributed by atoms with Gasteiger partial charge >= 0.3 is 6.18 Å². The molecule has 7 heteroatoms. The van der Waals surface area contributed by atoms with Crippen molar-refractivity contribution >= 4 is 16.8 Å². The molecule has 20 heavy (non-hydrogen) atoms. The molecule has 0 spiro atoms. The average molecular weight is 285 g/mol. The minimum Gasteiger partial charge on any atom is -0.439 e. The Morgan fingerprint density at radius 1 is 1.35 bits per heavy atom. The molecule has 3 rings (SSSR count). The first-order chi connectivity index (χ1) is 9.40. The number of benzene rings is 1. The van der Waals surface area contributed by atoms with E-state index in [1.807, 2.05) is 0 Å². The maximum atomic E-state index is 12.5. The van der Waals surface area contributed by atoms with E-state index in [0.717, 1.165) is 12.8 Å². The Balaban J connectivity index is 1.79. The topological polar surface area (TPSA) is 55.3 Å². The molecule has 1 aliphatic carbocycles. The van der Waals surface area contributed by atoms with E-state index in [0.29, 0.717) is 22.7 Å². The van der Waals surface area contributed by atoms with Gasteiger partial charge in [0.1, 0.15) is 5.52 Å². The smallest absolute Gasteiger partial charge is 0.401 e. The van der Waals surface area contributed by atoms with Gasteiger partial charge in [-0.05, 0) is 25.0 Å². The molecule has 1 aromatic carbocycles. The Hall–Kier alpha value is -1.76. The molecule has 1 aliphatic rings. The number of oxazole rings is 1. The van der Waals surface area contributed by atoms with Crippen LogP contribution in [0.3, 0.4) is 0 Å². The molecule has 0 aliphatic heterocycles. The Morgan fingerprint density at radius 3 is 2.75 bits per heavy atom. The van der Waals surface area contributed by atoms with Crippen molar-refractivity contribution in [3.8, 4) is 0 Å². The highest BCUT2D eigenvalue weighted by atomic mass is 19.4. The van der Waals surface area contributed by atoms with Gasteiger partial charge in [-0.25, -0.2) is 4.98 Å². The second-order valence-electron chi connectivity index (χ2n) is 5.09. The Morgan fingerprint density at radius 2 is 2.10 bits per heavy atom. The summed E-state index contributed by atoms with van der Waals surface area (Å²) in [5.41, 5.74) is 7.28. The third-order valence-corrected chi connectivity index (χ3v) is 3.24. The number of rotatable bonds is 4. The van der Waals surface area contributed by atoms with Crippen molar-refractivity contribution in [3.63, 3.8) is 0 Å². The van der Waals surface area contributed by atoms with Gasteiger partial charge in [-0.3, -0.25) is 4.90 Å². The van der Waals surface area contributed by atoms with E-state index in [1.54, 1.807) is 18.2 Å². The lowest BCUT2D eigenvalue weighted by Crippen LogP contribution is -2.35. The van der Waals surface area contributed by atoms with Crippen LogP contribution in [0.2, 0.25) is 0 Å². The van der Waals surface area contributed by atoms with Gasteiger partial charge in [-0.1, -0.05) is 0 Å². The first-order valence-electron chi connectivity index (χ1n) is 6.36. The van der Waals surface area contributed by atoms with Crippen LogP contribution in [-0.2, 0) is 6.54 Å². The summed E-state index contributed by atoms with van der Waals surface area (Å²) in [5.74, 6) is 0.293. The van der Waals surface area contributed by atoms with Crippen LogP contribution in [0.4, 0.5) is 18.9 Å². The van der Waals surface area contributed by atoms with Gasteiger partial charge < -0.3 is 10.2 Å². The first-order valence-corrected chi connectivity index (χ1v) is 6.36. The van der Waals surface area contributed by atoms with E-state index in [1.165, 1.54) is 4.90 Å². The summed E-state index contributed by atoms with van der Waals surface area (Å²) in [4.78, 5) is 5.57. The molecule has 0 amide bonds. The van der Waals surface area contributed by atoms with Crippen LogP contribution >= 0.6 is 0 Å². The second-order valence-corrected chi connectivity index (χ2v) is 5.09. The molecule has 0 unspecified atom stereocenters. The lowest BCUT2D eigenvalue weighted by atomic mass is 10.3. The van der Waals surface area contributed by atoms with E-state index < -0.39 is 12.7 Å². The lowest BCUT2D eigenvalue weighted by molar-refractivity contribution is -0.149. The molecule has 4 nitrogen and oxygen atoms in total. The predicted molar refractivity (Wildman–Crippen MR) is 67.9 cm³/mol. The molecule has 0 radical (unpaired) electrons. The number of nitrogens with zero attached hydrogens (tertiary/aromatic N) is 2. The third kappa shape index (κ3) is 3.04. The van der Waals surface area contributed by atoms with Crippen LogP contribution in [-0.4, -0.2) is 28.6 Å². The van der Waals surface area contributed by atoms with Crippen molar-refractivity contribution in [2.24, 2.45) is 0 Å². The van der Waals surface area contributed by atoms with Crippen molar-refractivity contribution in [1.82, 2.24) is 9.88 Å². The zero-order valence-electron chi connectivity index (χ0n) is 10.7. The summed E-state index contributed by atoms with van der Waals surface area (Å²) in [6.07, 6.45) is -2.62. The number of halogens is 3. The molecule has 2 aromatic rings. The molecule has 108 valence electrons. The molecule has 1 heterocycles. The van der Waals surface area contributed by atoms with Gasteiger partial charge in [-0.2, -0.15) is 13.2 Å². The quantitative estimate of drug-likeness (QED) is 0.877. The molecule has 2 N–H and O–H groups in total. The van der Waals surface area contributed by atoms with Crippen molar-refractivity contribution < 1.29 is 17.6 Å². The third-order valence-electron chi connectivity index (χ3n) is 3.24. The van der Waals surface area contributed by atoms with E-state index in [2.05, 4.69) is 4.98 Å². The van der Waals surface area contributed by atoms with Gasteiger partial charge in [-0.15, -0.1) is 0 Å². The normalized spacial score (nSPS) is 16.2. The summed E-state index contributed by atoms with van der Waals surface area (Å²) in [5, 5.41) is 0. The summed E-state index contributed by atoms with van der Waals surface area (Å²) in [7, 11) is 0. The lowest BCUT2D eigenvalue weighted by Gasteiger charge is -2.21. The maximum absolute atomic E-state index is 12.5. The van der Waals surface area contributed by atoms with Crippen molar-refractivity contribution in [1.29, 1.82) is 0 Å². The zero-order valence-corrected chi connectivity index (χ0v) is 10.7. The molecular weight excluding hydrogens is 271 g/mol. The van der Waals surface area contributed by atoms with E-state index >= 15 is 0 Å². The van der Waals surface area contributed by atoms with Gasteiger partial charge in [0.25, 0.3) is 0 Å². The molecule has 1 saturated carbocycles. The van der Waals surface area contributed by atoms with Crippen LogP contribution in [0.25, 0.3) is 11.1 Å². The van der Waals surface area contributed by atoms with Crippen molar-refractivity contribution in [3.05, 3.63) is 24.1 Å². The molecule has 0 saturated heterocycles. The van der Waals surface area contributed by atoms with Gasteiger partial charge in [0.05, 0.1) is 13.1 Å². The number of hydrogen-bond acceptors (Lipinski definition) is 4. The van der Waals surface area contributed by atoms with Gasteiger partial charge in [0.2, 0.25) is 5.89 Å². The number of fused-ring (bicyclic) bond motifs is 1. The van der Waals surface area contributed by atoms with E-state index in [9.17, 15) is 13.2 Å². The SMILES string of the molecule is Nc1ccc2nc(CN(CC(F)(F)F)C3CC3)oc2c1. The fourth-order valence-corrected chi connectivity index (χ4v) is 2.21.